The lowest BCUT2D eigenvalue weighted by Crippen LogP contribution is -2.39. The van der Waals surface area contributed by atoms with Crippen molar-refractivity contribution in [3.8, 4) is 0 Å². The summed E-state index contributed by atoms with van der Waals surface area (Å²) >= 11 is 0. The highest BCUT2D eigenvalue weighted by atomic mass is 16.3. The molecule has 0 saturated carbocycles. The van der Waals surface area contributed by atoms with Crippen LogP contribution in [0, 0.1) is 0 Å². The lowest BCUT2D eigenvalue weighted by atomic mass is 10.0. The van der Waals surface area contributed by atoms with Crippen LogP contribution in [0.15, 0.2) is 12.4 Å². The number of hydrogen-bond donors (Lipinski definition) is 2. The zero-order valence-corrected chi connectivity index (χ0v) is 10.7. The molecule has 0 bridgehead atoms. The molecule has 92 valence electrons. The highest BCUT2D eigenvalue weighted by Gasteiger charge is 2.21. The maximum absolute atomic E-state index is 9.94. The summed E-state index contributed by atoms with van der Waals surface area (Å²) in [5, 5.41) is 13.3. The van der Waals surface area contributed by atoms with Crippen molar-refractivity contribution in [1.29, 1.82) is 0 Å². The van der Waals surface area contributed by atoms with Crippen LogP contribution in [0.1, 0.15) is 45.5 Å². The van der Waals surface area contributed by atoms with Crippen molar-refractivity contribution >= 4 is 0 Å². The van der Waals surface area contributed by atoms with Gasteiger partial charge in [-0.1, -0.05) is 13.8 Å². The smallest absolute Gasteiger partial charge is 0.125 e. The Kier molecular flexibility index (Phi) is 4.50. The van der Waals surface area contributed by atoms with E-state index >= 15 is 0 Å². The van der Waals surface area contributed by atoms with Crippen molar-refractivity contribution in [1.82, 2.24) is 14.9 Å². The van der Waals surface area contributed by atoms with Crippen molar-refractivity contribution in [3.63, 3.8) is 0 Å². The molecule has 2 unspecified atom stereocenters. The first kappa shape index (κ1) is 13.2. The lowest BCUT2D eigenvalue weighted by molar-refractivity contribution is 0.0522. The Labute approximate surface area is 97.7 Å². The molecule has 0 aromatic carbocycles. The third kappa shape index (κ3) is 3.32. The van der Waals surface area contributed by atoms with Crippen LogP contribution in [-0.4, -0.2) is 26.8 Å². The second kappa shape index (κ2) is 5.46. The Balaban J connectivity index is 2.60. The van der Waals surface area contributed by atoms with Crippen molar-refractivity contribution in [2.24, 2.45) is 7.05 Å². The molecule has 0 saturated heterocycles. The minimum absolute atomic E-state index is 0.207. The van der Waals surface area contributed by atoms with Crippen LogP contribution in [0.4, 0.5) is 0 Å². The number of aryl methyl sites for hydroxylation is 1. The number of aliphatic hydroxyl groups is 1. The Hall–Kier alpha value is -0.870. The van der Waals surface area contributed by atoms with E-state index < -0.39 is 5.60 Å². The van der Waals surface area contributed by atoms with E-state index in [1.54, 1.807) is 6.20 Å². The number of aromatic nitrogens is 2. The number of hydrogen-bond acceptors (Lipinski definition) is 3. The molecule has 1 aromatic rings. The van der Waals surface area contributed by atoms with Crippen LogP contribution in [0.2, 0.25) is 0 Å². The molecule has 0 spiro atoms. The van der Waals surface area contributed by atoms with Gasteiger partial charge in [0.1, 0.15) is 5.82 Å². The van der Waals surface area contributed by atoms with Gasteiger partial charge < -0.3 is 15.0 Å². The van der Waals surface area contributed by atoms with Gasteiger partial charge in [0.2, 0.25) is 0 Å². The molecule has 0 aliphatic rings. The summed E-state index contributed by atoms with van der Waals surface area (Å²) in [7, 11) is 1.99. The maximum atomic E-state index is 9.94. The number of nitrogens with zero attached hydrogens (tertiary/aromatic N) is 2. The van der Waals surface area contributed by atoms with Gasteiger partial charge >= 0.3 is 0 Å². The van der Waals surface area contributed by atoms with E-state index in [9.17, 15) is 5.11 Å². The lowest BCUT2D eigenvalue weighted by Gasteiger charge is -2.25. The first-order valence-corrected chi connectivity index (χ1v) is 5.93. The van der Waals surface area contributed by atoms with Crippen molar-refractivity contribution in [2.75, 3.05) is 6.54 Å². The average molecular weight is 225 g/mol. The number of imidazole rings is 1. The molecule has 1 aromatic heterocycles. The van der Waals surface area contributed by atoms with E-state index in [4.69, 9.17) is 0 Å². The molecule has 4 nitrogen and oxygen atoms in total. The van der Waals surface area contributed by atoms with E-state index in [2.05, 4.69) is 17.2 Å². The monoisotopic (exact) mass is 225 g/mol. The van der Waals surface area contributed by atoms with Gasteiger partial charge in [-0.15, -0.1) is 0 Å². The molecule has 0 amide bonds. The Morgan fingerprint density at radius 2 is 2.25 bits per heavy atom. The molecule has 2 atom stereocenters. The Morgan fingerprint density at radius 3 is 2.69 bits per heavy atom. The van der Waals surface area contributed by atoms with Gasteiger partial charge in [-0.05, 0) is 19.8 Å². The van der Waals surface area contributed by atoms with Gasteiger partial charge in [0.05, 0.1) is 11.6 Å². The van der Waals surface area contributed by atoms with Gasteiger partial charge in [-0.25, -0.2) is 4.98 Å². The summed E-state index contributed by atoms with van der Waals surface area (Å²) in [5.41, 5.74) is -0.640. The minimum atomic E-state index is -0.640. The standard InChI is InChI=1S/C12H23N3O/c1-5-10(11-13-7-8-15(11)4)14-9-12(3,16)6-2/h7-8,10,14,16H,5-6,9H2,1-4H3. The van der Waals surface area contributed by atoms with Gasteiger partial charge in [-0.2, -0.15) is 0 Å². The topological polar surface area (TPSA) is 50.1 Å². The predicted octanol–water partition coefficient (Wildman–Crippen LogP) is 1.62. The normalized spacial score (nSPS) is 17.1. The largest absolute Gasteiger partial charge is 0.389 e. The summed E-state index contributed by atoms with van der Waals surface area (Å²) < 4.78 is 2.02. The maximum Gasteiger partial charge on any atom is 0.125 e. The molecule has 0 aliphatic carbocycles. The van der Waals surface area contributed by atoms with Crippen molar-refractivity contribution in [2.45, 2.75) is 45.3 Å². The molecular formula is C12H23N3O. The second-order valence-electron chi connectivity index (χ2n) is 4.59. The van der Waals surface area contributed by atoms with Gasteiger partial charge in [-0.3, -0.25) is 0 Å². The summed E-state index contributed by atoms with van der Waals surface area (Å²) in [5.74, 6) is 1.02. The van der Waals surface area contributed by atoms with E-state index in [-0.39, 0.29) is 6.04 Å². The van der Waals surface area contributed by atoms with E-state index in [0.717, 1.165) is 18.7 Å². The molecule has 1 heterocycles. The molecule has 4 heteroatoms. The molecule has 1 rings (SSSR count). The average Bonchev–Trinajstić information content (AvgIpc) is 2.66. The van der Waals surface area contributed by atoms with Crippen LogP contribution in [0.5, 0.6) is 0 Å². The molecular weight excluding hydrogens is 202 g/mol. The van der Waals surface area contributed by atoms with Crippen LogP contribution < -0.4 is 5.32 Å². The number of nitrogens with one attached hydrogen (secondary N) is 1. The zero-order valence-electron chi connectivity index (χ0n) is 10.7. The van der Waals surface area contributed by atoms with Crippen LogP contribution >= 0.6 is 0 Å². The van der Waals surface area contributed by atoms with Gasteiger partial charge in [0, 0.05) is 26.0 Å². The van der Waals surface area contributed by atoms with E-state index in [1.165, 1.54) is 0 Å². The Bertz CT molecular complexity index is 320. The fraction of sp³-hybridized carbons (Fsp3) is 0.750. The molecule has 0 radical (unpaired) electrons. The zero-order chi connectivity index (χ0) is 12.2. The van der Waals surface area contributed by atoms with Crippen LogP contribution in [0.3, 0.4) is 0 Å². The summed E-state index contributed by atoms with van der Waals surface area (Å²) in [6.07, 6.45) is 5.46. The Morgan fingerprint density at radius 1 is 1.56 bits per heavy atom. The van der Waals surface area contributed by atoms with E-state index in [1.807, 2.05) is 31.7 Å². The van der Waals surface area contributed by atoms with Crippen LogP contribution in [-0.2, 0) is 7.05 Å². The fourth-order valence-electron chi connectivity index (χ4n) is 1.60. The highest BCUT2D eigenvalue weighted by molar-refractivity contribution is 4.98. The third-order valence-electron chi connectivity index (χ3n) is 3.07. The fourth-order valence-corrected chi connectivity index (χ4v) is 1.60. The molecule has 2 N–H and O–H groups in total. The third-order valence-corrected chi connectivity index (χ3v) is 3.07. The second-order valence-corrected chi connectivity index (χ2v) is 4.59. The SMILES string of the molecule is CCC(NCC(C)(O)CC)c1nccn1C. The van der Waals surface area contributed by atoms with Crippen molar-refractivity contribution in [3.05, 3.63) is 18.2 Å². The quantitative estimate of drug-likeness (QED) is 0.773. The first-order valence-electron chi connectivity index (χ1n) is 5.93. The van der Waals surface area contributed by atoms with Gasteiger partial charge in [0.25, 0.3) is 0 Å². The summed E-state index contributed by atoms with van der Waals surface area (Å²) in [6.45, 7) is 6.55. The number of rotatable bonds is 6. The molecule has 16 heavy (non-hydrogen) atoms. The first-order chi connectivity index (χ1) is 7.50. The summed E-state index contributed by atoms with van der Waals surface area (Å²) in [4.78, 5) is 4.33. The minimum Gasteiger partial charge on any atom is -0.389 e. The van der Waals surface area contributed by atoms with Gasteiger partial charge in [0.15, 0.2) is 0 Å². The molecule has 0 aliphatic heterocycles. The summed E-state index contributed by atoms with van der Waals surface area (Å²) in [6, 6.07) is 0.207. The van der Waals surface area contributed by atoms with Crippen LogP contribution in [0.25, 0.3) is 0 Å². The van der Waals surface area contributed by atoms with Crippen molar-refractivity contribution < 1.29 is 5.11 Å². The predicted molar refractivity (Wildman–Crippen MR) is 65.2 cm³/mol. The highest BCUT2D eigenvalue weighted by Crippen LogP contribution is 2.15. The van der Waals surface area contributed by atoms with E-state index in [0.29, 0.717) is 6.54 Å². The molecule has 0 fully saturated rings.